The highest BCUT2D eigenvalue weighted by molar-refractivity contribution is 5.76. The van der Waals surface area contributed by atoms with Gasteiger partial charge in [0.1, 0.15) is 0 Å². The van der Waals surface area contributed by atoms with Gasteiger partial charge in [-0.2, -0.15) is 0 Å². The molecule has 0 aliphatic heterocycles. The molecular formula is C80H155NO5. The normalized spacial score (nSPS) is 12.6. The van der Waals surface area contributed by atoms with Crippen LogP contribution in [0.1, 0.15) is 450 Å². The lowest BCUT2D eigenvalue weighted by molar-refractivity contribution is -0.143. The van der Waals surface area contributed by atoms with Crippen molar-refractivity contribution in [2.45, 2.75) is 463 Å². The second kappa shape index (κ2) is 75.8. The highest BCUT2D eigenvalue weighted by atomic mass is 16.5. The molecule has 0 aromatic heterocycles. The fourth-order valence-electron chi connectivity index (χ4n) is 12.7. The number of rotatable bonds is 75. The Hall–Kier alpha value is -1.66. The predicted octanol–water partition coefficient (Wildman–Crippen LogP) is 26.0. The van der Waals surface area contributed by atoms with Crippen LogP contribution < -0.4 is 5.32 Å². The number of aliphatic hydroxyl groups excluding tert-OH is 2. The first-order valence-corrected chi connectivity index (χ1v) is 39.6. The third-order valence-corrected chi connectivity index (χ3v) is 18.7. The van der Waals surface area contributed by atoms with Crippen LogP contribution in [0.2, 0.25) is 0 Å². The topological polar surface area (TPSA) is 95.9 Å². The van der Waals surface area contributed by atoms with Crippen LogP contribution in [0.4, 0.5) is 0 Å². The fourth-order valence-corrected chi connectivity index (χ4v) is 12.7. The summed E-state index contributed by atoms with van der Waals surface area (Å²) in [5, 5.41) is 23.3. The summed E-state index contributed by atoms with van der Waals surface area (Å²) in [5.41, 5.74) is 0. The Labute approximate surface area is 539 Å². The van der Waals surface area contributed by atoms with Crippen LogP contribution in [0.25, 0.3) is 0 Å². The van der Waals surface area contributed by atoms with Gasteiger partial charge in [0.2, 0.25) is 5.91 Å². The Morgan fingerprint density at radius 3 is 0.826 bits per heavy atom. The molecule has 6 heteroatoms. The molecule has 1 amide bonds. The lowest BCUT2D eigenvalue weighted by Crippen LogP contribution is -2.45. The van der Waals surface area contributed by atoms with Crippen molar-refractivity contribution in [3.05, 3.63) is 24.3 Å². The van der Waals surface area contributed by atoms with E-state index in [-0.39, 0.29) is 18.5 Å². The maximum absolute atomic E-state index is 12.5. The second-order valence-corrected chi connectivity index (χ2v) is 27.4. The van der Waals surface area contributed by atoms with Crippen molar-refractivity contribution in [2.24, 2.45) is 0 Å². The van der Waals surface area contributed by atoms with E-state index in [1.165, 1.54) is 385 Å². The Bertz CT molecular complexity index is 1350. The van der Waals surface area contributed by atoms with E-state index in [2.05, 4.69) is 31.3 Å². The molecule has 0 aromatic rings. The van der Waals surface area contributed by atoms with Crippen LogP contribution in [0.15, 0.2) is 24.3 Å². The van der Waals surface area contributed by atoms with Crippen LogP contribution in [0.5, 0.6) is 0 Å². The molecule has 2 atom stereocenters. The third-order valence-electron chi connectivity index (χ3n) is 18.7. The lowest BCUT2D eigenvalue weighted by Gasteiger charge is -2.20. The Kier molecular flexibility index (Phi) is 74.3. The number of hydrogen-bond donors (Lipinski definition) is 3. The first-order chi connectivity index (χ1) is 42.5. The van der Waals surface area contributed by atoms with Gasteiger partial charge in [0.25, 0.3) is 0 Å². The van der Waals surface area contributed by atoms with Crippen molar-refractivity contribution in [1.29, 1.82) is 0 Å². The summed E-state index contributed by atoms with van der Waals surface area (Å²) in [6.07, 6.45) is 97.3. The minimum Gasteiger partial charge on any atom is -0.466 e. The molecular weight excluding hydrogens is 1050 g/mol. The minimum absolute atomic E-state index is 0.0233. The summed E-state index contributed by atoms with van der Waals surface area (Å²) in [5.74, 6) is -0.0383. The van der Waals surface area contributed by atoms with Gasteiger partial charge >= 0.3 is 5.97 Å². The van der Waals surface area contributed by atoms with Crippen LogP contribution in [0.3, 0.4) is 0 Å². The molecule has 0 aromatic carbocycles. The number of carbonyl (C=O) groups is 2. The number of nitrogens with one attached hydrogen (secondary N) is 1. The molecule has 6 nitrogen and oxygen atoms in total. The van der Waals surface area contributed by atoms with Crippen LogP contribution in [-0.4, -0.2) is 47.4 Å². The minimum atomic E-state index is -0.844. The highest BCUT2D eigenvalue weighted by Crippen LogP contribution is 2.20. The molecule has 0 rings (SSSR count). The molecule has 0 radical (unpaired) electrons. The van der Waals surface area contributed by atoms with Gasteiger partial charge in [-0.05, 0) is 57.8 Å². The molecule has 86 heavy (non-hydrogen) atoms. The first-order valence-electron chi connectivity index (χ1n) is 39.6. The summed E-state index contributed by atoms with van der Waals surface area (Å²) < 4.78 is 5.52. The zero-order valence-electron chi connectivity index (χ0n) is 58.6. The maximum Gasteiger partial charge on any atom is 0.305 e. The molecule has 0 spiro atoms. The molecule has 0 bridgehead atoms. The van der Waals surface area contributed by atoms with Gasteiger partial charge in [0.05, 0.1) is 25.4 Å². The lowest BCUT2D eigenvalue weighted by atomic mass is 10.0. The molecule has 0 saturated carbocycles. The van der Waals surface area contributed by atoms with E-state index in [0.29, 0.717) is 19.4 Å². The van der Waals surface area contributed by atoms with Crippen LogP contribution in [0, 0.1) is 0 Å². The molecule has 510 valence electrons. The van der Waals surface area contributed by atoms with Gasteiger partial charge in [-0.3, -0.25) is 9.59 Å². The van der Waals surface area contributed by atoms with Gasteiger partial charge < -0.3 is 20.3 Å². The van der Waals surface area contributed by atoms with E-state index >= 15 is 0 Å². The Balaban J connectivity index is 3.36. The summed E-state index contributed by atoms with van der Waals surface area (Å²) in [4.78, 5) is 24.7. The van der Waals surface area contributed by atoms with Gasteiger partial charge in [-0.15, -0.1) is 0 Å². The predicted molar refractivity (Wildman–Crippen MR) is 380 cm³/mol. The highest BCUT2D eigenvalue weighted by Gasteiger charge is 2.18. The number of amides is 1. The maximum atomic E-state index is 12.5. The Morgan fingerprint density at radius 2 is 0.547 bits per heavy atom. The van der Waals surface area contributed by atoms with Crippen molar-refractivity contribution < 1.29 is 24.5 Å². The number of unbranched alkanes of at least 4 members (excludes halogenated alkanes) is 62. The number of allylic oxidation sites excluding steroid dienone is 3. The molecule has 0 heterocycles. The van der Waals surface area contributed by atoms with Gasteiger partial charge in [-0.1, -0.05) is 404 Å². The van der Waals surface area contributed by atoms with Gasteiger partial charge in [-0.25, -0.2) is 0 Å². The molecule has 0 aliphatic carbocycles. The standard InChI is InChI=1S/C80H155NO5/c1-3-5-7-9-11-13-15-17-19-21-36-40-44-48-52-56-60-64-68-72-78(83)77(76-82)81-79(84)73-69-65-61-57-53-49-45-41-38-34-32-30-28-26-24-23-25-27-29-31-33-35-39-43-47-51-55-59-63-67-71-75-86-80(85)74-70-66-62-58-54-50-46-42-37-22-20-18-16-14-12-10-8-6-4-2/h25,27,68,72,77-78,82-83H,3-24,26,28-67,69-71,73-76H2,1-2H3,(H,81,84)/b27-25-,72-68+. The monoisotopic (exact) mass is 1210 g/mol. The zero-order chi connectivity index (χ0) is 62.0. The molecule has 0 saturated heterocycles. The van der Waals surface area contributed by atoms with Crippen molar-refractivity contribution >= 4 is 11.9 Å². The van der Waals surface area contributed by atoms with Crippen molar-refractivity contribution in [1.82, 2.24) is 5.32 Å². The van der Waals surface area contributed by atoms with Crippen molar-refractivity contribution in [3.8, 4) is 0 Å². The summed E-state index contributed by atoms with van der Waals surface area (Å²) in [7, 11) is 0. The second-order valence-electron chi connectivity index (χ2n) is 27.4. The van der Waals surface area contributed by atoms with E-state index in [4.69, 9.17) is 4.74 Å². The first kappa shape index (κ1) is 84.3. The number of aliphatic hydroxyl groups is 2. The zero-order valence-corrected chi connectivity index (χ0v) is 58.6. The summed E-state index contributed by atoms with van der Waals surface area (Å²) in [6.45, 7) is 4.96. The number of carbonyl (C=O) groups excluding carboxylic acids is 2. The molecule has 3 N–H and O–H groups in total. The van der Waals surface area contributed by atoms with Gasteiger partial charge in [0.15, 0.2) is 0 Å². The smallest absolute Gasteiger partial charge is 0.305 e. The van der Waals surface area contributed by atoms with Crippen molar-refractivity contribution in [3.63, 3.8) is 0 Å². The Morgan fingerprint density at radius 1 is 0.314 bits per heavy atom. The summed E-state index contributed by atoms with van der Waals surface area (Å²) >= 11 is 0. The average molecular weight is 1210 g/mol. The van der Waals surface area contributed by atoms with E-state index in [1.54, 1.807) is 6.08 Å². The number of esters is 1. The SMILES string of the molecule is CCCCCCCCCCCCCCCCCCC/C=C/C(O)C(CO)NC(=O)CCCCCCCCCCCCCCCCC/C=C\CCCCCCCCCCCCCCOC(=O)CCCCCCCCCCCCCCCCCCCCC. The molecule has 0 aliphatic rings. The van der Waals surface area contributed by atoms with Crippen LogP contribution in [-0.2, 0) is 14.3 Å². The van der Waals surface area contributed by atoms with Crippen LogP contribution >= 0.6 is 0 Å². The van der Waals surface area contributed by atoms with Gasteiger partial charge in [0, 0.05) is 12.8 Å². The number of hydrogen-bond acceptors (Lipinski definition) is 5. The quantitative estimate of drug-likeness (QED) is 0.0320. The van der Waals surface area contributed by atoms with E-state index in [9.17, 15) is 19.8 Å². The molecule has 2 unspecified atom stereocenters. The summed E-state index contributed by atoms with van der Waals surface area (Å²) in [6, 6.07) is -0.627. The van der Waals surface area contributed by atoms with E-state index in [1.807, 2.05) is 6.08 Å². The van der Waals surface area contributed by atoms with Crippen molar-refractivity contribution in [2.75, 3.05) is 13.2 Å². The molecule has 0 fully saturated rings. The van der Waals surface area contributed by atoms with E-state index in [0.717, 1.165) is 38.5 Å². The third kappa shape index (κ3) is 71.4. The number of ether oxygens (including phenoxy) is 1. The fraction of sp³-hybridized carbons (Fsp3) is 0.925. The average Bonchev–Trinajstić information content (AvgIpc) is 3.54. The van der Waals surface area contributed by atoms with E-state index < -0.39 is 12.1 Å². The largest absolute Gasteiger partial charge is 0.466 e.